The first-order chi connectivity index (χ1) is 10.2. The van der Waals surface area contributed by atoms with Crippen LogP contribution in [0.2, 0.25) is 10.0 Å². The number of aliphatic hydroxyl groups excluding tert-OH is 1. The van der Waals surface area contributed by atoms with Crippen LogP contribution in [0.3, 0.4) is 0 Å². The van der Waals surface area contributed by atoms with Crippen molar-refractivity contribution in [3.8, 4) is 0 Å². The third kappa shape index (κ3) is 3.02. The molecule has 0 bridgehead atoms. The Labute approximate surface area is 135 Å². The summed E-state index contributed by atoms with van der Waals surface area (Å²) in [5.41, 5.74) is 1.95. The third-order valence-electron chi connectivity index (χ3n) is 4.56. The molecular formula is C16H21Cl2NO2. The average molecular weight is 330 g/mol. The fourth-order valence-electron chi connectivity index (χ4n) is 3.56. The van der Waals surface area contributed by atoms with Gasteiger partial charge in [0.05, 0.1) is 16.8 Å². The van der Waals surface area contributed by atoms with E-state index in [1.807, 2.05) is 12.1 Å². The summed E-state index contributed by atoms with van der Waals surface area (Å²) in [6.45, 7) is 1.04. The van der Waals surface area contributed by atoms with Crippen molar-refractivity contribution in [2.24, 2.45) is 5.92 Å². The number of rotatable bonds is 4. The van der Waals surface area contributed by atoms with Crippen molar-refractivity contribution in [3.63, 3.8) is 0 Å². The van der Waals surface area contributed by atoms with Crippen molar-refractivity contribution in [3.05, 3.63) is 27.7 Å². The highest BCUT2D eigenvalue weighted by Crippen LogP contribution is 2.49. The fourth-order valence-corrected chi connectivity index (χ4v) is 4.05. The molecular weight excluding hydrogens is 309 g/mol. The molecule has 2 heterocycles. The number of aliphatic hydroxyl groups is 1. The van der Waals surface area contributed by atoms with Gasteiger partial charge in [0.2, 0.25) is 0 Å². The van der Waals surface area contributed by atoms with E-state index in [1.54, 1.807) is 0 Å². The standard InChI is InChI=1S/C16H21Cl2NO2/c17-11-6-7-12(18)15-14(11)16-10(4-3-9-21-16)13(19-15)5-1-2-8-20/h6-7,10,13,16,19-20H,1-5,8-9H2/t10-,13-,16-/m0/s1. The molecule has 0 aliphatic carbocycles. The second kappa shape index (κ2) is 6.74. The van der Waals surface area contributed by atoms with Crippen LogP contribution in [0.4, 0.5) is 5.69 Å². The lowest BCUT2D eigenvalue weighted by Gasteiger charge is -2.44. The van der Waals surface area contributed by atoms with Crippen molar-refractivity contribution < 1.29 is 9.84 Å². The first-order valence-electron chi connectivity index (χ1n) is 7.69. The highest BCUT2D eigenvalue weighted by Gasteiger charge is 2.40. The summed E-state index contributed by atoms with van der Waals surface area (Å²) in [5.74, 6) is 0.431. The fraction of sp³-hybridized carbons (Fsp3) is 0.625. The second-order valence-electron chi connectivity index (χ2n) is 5.89. The molecule has 0 aromatic heterocycles. The lowest BCUT2D eigenvalue weighted by molar-refractivity contribution is -0.0386. The monoisotopic (exact) mass is 329 g/mol. The zero-order valence-electron chi connectivity index (χ0n) is 11.9. The molecule has 0 saturated carbocycles. The number of benzene rings is 1. The van der Waals surface area contributed by atoms with Gasteiger partial charge in [0.15, 0.2) is 0 Å². The number of halogens is 2. The van der Waals surface area contributed by atoms with Gasteiger partial charge in [0.1, 0.15) is 0 Å². The largest absolute Gasteiger partial charge is 0.396 e. The van der Waals surface area contributed by atoms with Crippen LogP contribution in [-0.4, -0.2) is 24.4 Å². The summed E-state index contributed by atoms with van der Waals surface area (Å²) in [5, 5.41) is 14.0. The molecule has 0 unspecified atom stereocenters. The molecule has 0 radical (unpaired) electrons. The Kier molecular flexibility index (Phi) is 4.95. The number of ether oxygens (including phenoxy) is 1. The Bertz CT molecular complexity index is 509. The van der Waals surface area contributed by atoms with Crippen molar-refractivity contribution in [2.75, 3.05) is 18.5 Å². The van der Waals surface area contributed by atoms with E-state index >= 15 is 0 Å². The zero-order chi connectivity index (χ0) is 14.8. The van der Waals surface area contributed by atoms with E-state index in [-0.39, 0.29) is 12.7 Å². The Morgan fingerprint density at radius 3 is 2.86 bits per heavy atom. The van der Waals surface area contributed by atoms with Crippen molar-refractivity contribution in [1.29, 1.82) is 0 Å². The maximum Gasteiger partial charge on any atom is 0.0907 e. The van der Waals surface area contributed by atoms with Gasteiger partial charge < -0.3 is 15.2 Å². The van der Waals surface area contributed by atoms with E-state index in [9.17, 15) is 0 Å². The minimum atomic E-state index is 0.0420. The van der Waals surface area contributed by atoms with E-state index in [1.165, 1.54) is 0 Å². The van der Waals surface area contributed by atoms with E-state index < -0.39 is 0 Å². The van der Waals surface area contributed by atoms with Crippen LogP contribution < -0.4 is 5.32 Å². The van der Waals surface area contributed by atoms with Gasteiger partial charge >= 0.3 is 0 Å². The topological polar surface area (TPSA) is 41.5 Å². The molecule has 3 nitrogen and oxygen atoms in total. The first-order valence-corrected chi connectivity index (χ1v) is 8.45. The summed E-state index contributed by atoms with van der Waals surface area (Å²) >= 11 is 12.8. The average Bonchev–Trinajstić information content (AvgIpc) is 2.51. The van der Waals surface area contributed by atoms with Gasteiger partial charge in [-0.25, -0.2) is 0 Å². The maximum absolute atomic E-state index is 8.98. The van der Waals surface area contributed by atoms with E-state index in [0.29, 0.717) is 17.0 Å². The van der Waals surface area contributed by atoms with Crippen LogP contribution in [0.1, 0.15) is 43.8 Å². The summed E-state index contributed by atoms with van der Waals surface area (Å²) < 4.78 is 6.05. The zero-order valence-corrected chi connectivity index (χ0v) is 13.5. The van der Waals surface area contributed by atoms with Gasteiger partial charge in [0, 0.05) is 35.8 Å². The Morgan fingerprint density at radius 2 is 2.05 bits per heavy atom. The Hall–Kier alpha value is -0.480. The molecule has 1 fully saturated rings. The minimum absolute atomic E-state index is 0.0420. The molecule has 2 N–H and O–H groups in total. The first kappa shape index (κ1) is 15.4. The van der Waals surface area contributed by atoms with Gasteiger partial charge in [0.25, 0.3) is 0 Å². The molecule has 3 rings (SSSR count). The van der Waals surface area contributed by atoms with Crippen molar-refractivity contribution in [1.82, 2.24) is 0 Å². The number of fused-ring (bicyclic) bond motifs is 3. The van der Waals surface area contributed by atoms with Crippen LogP contribution in [0.25, 0.3) is 0 Å². The SMILES string of the molecule is OCCCC[C@@H]1Nc2c(Cl)ccc(Cl)c2[C@H]2OCCC[C@@H]12. The molecule has 1 aromatic rings. The molecule has 3 atom stereocenters. The highest BCUT2D eigenvalue weighted by atomic mass is 35.5. The smallest absolute Gasteiger partial charge is 0.0907 e. The van der Waals surface area contributed by atoms with Crippen molar-refractivity contribution in [2.45, 2.75) is 44.2 Å². The highest BCUT2D eigenvalue weighted by molar-refractivity contribution is 6.36. The predicted octanol–water partition coefficient (Wildman–Crippen LogP) is 4.42. The van der Waals surface area contributed by atoms with Gasteiger partial charge in [-0.1, -0.05) is 23.2 Å². The van der Waals surface area contributed by atoms with Gasteiger partial charge in [-0.3, -0.25) is 0 Å². The second-order valence-corrected chi connectivity index (χ2v) is 6.70. The van der Waals surface area contributed by atoms with Crippen LogP contribution >= 0.6 is 23.2 Å². The molecule has 116 valence electrons. The minimum Gasteiger partial charge on any atom is -0.396 e. The van der Waals surface area contributed by atoms with E-state index in [0.717, 1.165) is 55.0 Å². The van der Waals surface area contributed by atoms with Crippen LogP contribution in [0, 0.1) is 5.92 Å². The third-order valence-corrected chi connectivity index (χ3v) is 5.21. The van der Waals surface area contributed by atoms with Crippen LogP contribution in [-0.2, 0) is 4.74 Å². The van der Waals surface area contributed by atoms with Gasteiger partial charge in [-0.2, -0.15) is 0 Å². The molecule has 2 aliphatic rings. The lowest BCUT2D eigenvalue weighted by Crippen LogP contribution is -2.41. The number of nitrogens with one attached hydrogen (secondary N) is 1. The van der Waals surface area contributed by atoms with E-state index in [4.69, 9.17) is 33.0 Å². The molecule has 5 heteroatoms. The lowest BCUT2D eigenvalue weighted by atomic mass is 9.78. The Balaban J connectivity index is 1.91. The van der Waals surface area contributed by atoms with Crippen LogP contribution in [0.5, 0.6) is 0 Å². The number of anilines is 1. The van der Waals surface area contributed by atoms with Gasteiger partial charge in [-0.05, 0) is 44.2 Å². The number of hydrogen-bond acceptors (Lipinski definition) is 3. The molecule has 1 saturated heterocycles. The number of hydrogen-bond donors (Lipinski definition) is 2. The molecule has 1 aromatic carbocycles. The molecule has 2 aliphatic heterocycles. The summed E-state index contributed by atoms with van der Waals surface area (Å²) in [6.07, 6.45) is 5.14. The predicted molar refractivity (Wildman–Crippen MR) is 86.2 cm³/mol. The van der Waals surface area contributed by atoms with E-state index in [2.05, 4.69) is 5.32 Å². The van der Waals surface area contributed by atoms with Gasteiger partial charge in [-0.15, -0.1) is 0 Å². The summed E-state index contributed by atoms with van der Waals surface area (Å²) in [4.78, 5) is 0. The summed E-state index contributed by atoms with van der Waals surface area (Å²) in [7, 11) is 0. The Morgan fingerprint density at radius 1 is 1.24 bits per heavy atom. The number of unbranched alkanes of at least 4 members (excludes halogenated alkanes) is 1. The van der Waals surface area contributed by atoms with Crippen molar-refractivity contribution >= 4 is 28.9 Å². The molecule has 0 spiro atoms. The maximum atomic E-state index is 8.98. The molecule has 21 heavy (non-hydrogen) atoms. The quantitative estimate of drug-likeness (QED) is 0.803. The summed E-state index contributed by atoms with van der Waals surface area (Å²) in [6, 6.07) is 4.03. The molecule has 0 amide bonds. The normalized spacial score (nSPS) is 27.7. The van der Waals surface area contributed by atoms with Crippen LogP contribution in [0.15, 0.2) is 12.1 Å².